The number of carbonyl (C=O) groups excluding carboxylic acids is 2. The van der Waals surface area contributed by atoms with Gasteiger partial charge in [-0.25, -0.2) is 4.39 Å². The summed E-state index contributed by atoms with van der Waals surface area (Å²) in [7, 11) is 0. The lowest BCUT2D eigenvalue weighted by Crippen LogP contribution is -2.39. The average molecular weight is 403 g/mol. The molecular formula is C24H22FN3O2. The summed E-state index contributed by atoms with van der Waals surface area (Å²) in [5.41, 5.74) is 8.81. The van der Waals surface area contributed by atoms with Crippen molar-refractivity contribution in [3.8, 4) is 11.3 Å². The third kappa shape index (κ3) is 4.22. The Hall–Kier alpha value is -3.54. The lowest BCUT2D eigenvalue weighted by Gasteiger charge is -2.32. The van der Waals surface area contributed by atoms with E-state index >= 15 is 0 Å². The Morgan fingerprint density at radius 1 is 1.00 bits per heavy atom. The number of amides is 2. The second-order valence-corrected chi connectivity index (χ2v) is 7.49. The zero-order valence-corrected chi connectivity index (χ0v) is 16.4. The van der Waals surface area contributed by atoms with E-state index in [9.17, 15) is 14.0 Å². The molecule has 4 rings (SSSR count). The van der Waals surface area contributed by atoms with Gasteiger partial charge >= 0.3 is 0 Å². The van der Waals surface area contributed by atoms with Crippen molar-refractivity contribution in [1.29, 1.82) is 0 Å². The molecule has 5 nitrogen and oxygen atoms in total. The highest BCUT2D eigenvalue weighted by Crippen LogP contribution is 2.28. The van der Waals surface area contributed by atoms with E-state index in [1.807, 2.05) is 29.2 Å². The lowest BCUT2D eigenvalue weighted by molar-refractivity contribution is 0.0705. The standard InChI is InChI=1S/C24H22FN3O2/c25-20-11-9-16(10-12-20)24(30)28-13-3-6-19(15-28)22-8-2-7-21(27-22)17-4-1-5-18(14-17)23(26)29/h1-2,4-5,7-12,14,19H,3,6,13,15H2,(H2,26,29). The van der Waals surface area contributed by atoms with Crippen LogP contribution in [0.5, 0.6) is 0 Å². The van der Waals surface area contributed by atoms with Crippen molar-refractivity contribution in [1.82, 2.24) is 9.88 Å². The van der Waals surface area contributed by atoms with Crippen LogP contribution in [0.4, 0.5) is 4.39 Å². The Balaban J connectivity index is 1.55. The fourth-order valence-electron chi connectivity index (χ4n) is 3.85. The fraction of sp³-hybridized carbons (Fsp3) is 0.208. The average Bonchev–Trinajstić information content (AvgIpc) is 2.79. The molecule has 1 saturated heterocycles. The molecule has 2 N–H and O–H groups in total. The molecule has 1 fully saturated rings. The van der Waals surface area contributed by atoms with Gasteiger partial charge in [0, 0.05) is 41.4 Å². The van der Waals surface area contributed by atoms with Crippen molar-refractivity contribution in [2.24, 2.45) is 5.73 Å². The highest BCUT2D eigenvalue weighted by molar-refractivity contribution is 5.94. The topological polar surface area (TPSA) is 76.3 Å². The van der Waals surface area contributed by atoms with Crippen molar-refractivity contribution < 1.29 is 14.0 Å². The first-order chi connectivity index (χ1) is 14.5. The van der Waals surface area contributed by atoms with Crippen LogP contribution in [0.25, 0.3) is 11.3 Å². The third-order valence-corrected chi connectivity index (χ3v) is 5.43. The minimum Gasteiger partial charge on any atom is -0.366 e. The second kappa shape index (κ2) is 8.45. The molecule has 1 aliphatic rings. The first kappa shape index (κ1) is 19.8. The zero-order valence-electron chi connectivity index (χ0n) is 16.4. The number of hydrogen-bond donors (Lipinski definition) is 1. The number of nitrogens with zero attached hydrogens (tertiary/aromatic N) is 2. The van der Waals surface area contributed by atoms with E-state index in [4.69, 9.17) is 10.7 Å². The fourth-order valence-corrected chi connectivity index (χ4v) is 3.85. The Bertz CT molecular complexity index is 1080. The molecule has 152 valence electrons. The number of piperidine rings is 1. The second-order valence-electron chi connectivity index (χ2n) is 7.49. The number of hydrogen-bond acceptors (Lipinski definition) is 3. The lowest BCUT2D eigenvalue weighted by atomic mass is 9.93. The van der Waals surface area contributed by atoms with Crippen molar-refractivity contribution in [3.63, 3.8) is 0 Å². The summed E-state index contributed by atoms with van der Waals surface area (Å²) in [5, 5.41) is 0. The summed E-state index contributed by atoms with van der Waals surface area (Å²) in [5.74, 6) is -0.813. The smallest absolute Gasteiger partial charge is 0.253 e. The number of benzene rings is 2. The van der Waals surface area contributed by atoms with Gasteiger partial charge in [0.2, 0.25) is 5.91 Å². The van der Waals surface area contributed by atoms with Gasteiger partial charge in [-0.05, 0) is 61.4 Å². The van der Waals surface area contributed by atoms with Crippen molar-refractivity contribution in [3.05, 3.63) is 89.4 Å². The van der Waals surface area contributed by atoms with Crippen LogP contribution in [-0.4, -0.2) is 34.8 Å². The third-order valence-electron chi connectivity index (χ3n) is 5.43. The van der Waals surface area contributed by atoms with Gasteiger partial charge in [-0.3, -0.25) is 14.6 Å². The molecule has 1 unspecified atom stereocenters. The molecule has 6 heteroatoms. The van der Waals surface area contributed by atoms with Crippen LogP contribution in [0.1, 0.15) is 45.2 Å². The highest BCUT2D eigenvalue weighted by atomic mass is 19.1. The molecule has 0 bridgehead atoms. The molecule has 0 spiro atoms. The summed E-state index contributed by atoms with van der Waals surface area (Å²) < 4.78 is 13.2. The highest BCUT2D eigenvalue weighted by Gasteiger charge is 2.26. The Labute approximate surface area is 174 Å². The normalized spacial score (nSPS) is 16.3. The zero-order chi connectivity index (χ0) is 21.1. The van der Waals surface area contributed by atoms with Gasteiger partial charge in [0.1, 0.15) is 5.82 Å². The molecule has 0 aliphatic carbocycles. The molecule has 3 aromatic rings. The minimum atomic E-state index is -0.477. The molecule has 2 heterocycles. The Morgan fingerprint density at radius 3 is 2.53 bits per heavy atom. The Morgan fingerprint density at radius 2 is 1.77 bits per heavy atom. The predicted octanol–water partition coefficient (Wildman–Crippen LogP) is 4.01. The SMILES string of the molecule is NC(=O)c1cccc(-c2cccc(C3CCCN(C(=O)c4ccc(F)cc4)C3)n2)c1. The predicted molar refractivity (Wildman–Crippen MR) is 112 cm³/mol. The number of nitrogens with two attached hydrogens (primary N) is 1. The van der Waals surface area contributed by atoms with E-state index in [1.165, 1.54) is 24.3 Å². The van der Waals surface area contributed by atoms with Crippen LogP contribution in [0.15, 0.2) is 66.7 Å². The summed E-state index contributed by atoms with van der Waals surface area (Å²) in [6.07, 6.45) is 1.81. The first-order valence-corrected chi connectivity index (χ1v) is 9.93. The number of carbonyl (C=O) groups is 2. The molecule has 1 atom stereocenters. The first-order valence-electron chi connectivity index (χ1n) is 9.93. The van der Waals surface area contributed by atoms with Crippen LogP contribution in [-0.2, 0) is 0 Å². The van der Waals surface area contributed by atoms with Crippen LogP contribution in [0, 0.1) is 5.82 Å². The number of likely N-dealkylation sites (tertiary alicyclic amines) is 1. The van der Waals surface area contributed by atoms with Crippen LogP contribution in [0.2, 0.25) is 0 Å². The maximum Gasteiger partial charge on any atom is 0.253 e. The molecule has 0 radical (unpaired) electrons. The van der Waals surface area contributed by atoms with E-state index in [1.54, 1.807) is 18.2 Å². The van der Waals surface area contributed by atoms with Gasteiger partial charge in [0.15, 0.2) is 0 Å². The van der Waals surface area contributed by atoms with Gasteiger partial charge in [0.25, 0.3) is 5.91 Å². The molecule has 2 amide bonds. The minimum absolute atomic E-state index is 0.0926. The number of pyridine rings is 1. The molecule has 0 saturated carbocycles. The summed E-state index contributed by atoms with van der Waals surface area (Å²) in [6, 6.07) is 18.5. The van der Waals surface area contributed by atoms with Crippen molar-refractivity contribution in [2.45, 2.75) is 18.8 Å². The van der Waals surface area contributed by atoms with Crippen molar-refractivity contribution in [2.75, 3.05) is 13.1 Å². The number of aromatic nitrogens is 1. The number of rotatable bonds is 4. The summed E-state index contributed by atoms with van der Waals surface area (Å²) in [6.45, 7) is 1.24. The van der Waals surface area contributed by atoms with E-state index in [0.29, 0.717) is 24.2 Å². The van der Waals surface area contributed by atoms with E-state index in [0.717, 1.165) is 29.8 Å². The maximum absolute atomic E-state index is 13.2. The molecule has 2 aromatic carbocycles. The Kier molecular flexibility index (Phi) is 5.57. The largest absolute Gasteiger partial charge is 0.366 e. The molecule has 30 heavy (non-hydrogen) atoms. The van der Waals surface area contributed by atoms with Gasteiger partial charge in [-0.1, -0.05) is 18.2 Å². The molecule has 1 aliphatic heterocycles. The van der Waals surface area contributed by atoms with Gasteiger partial charge in [0.05, 0.1) is 5.69 Å². The van der Waals surface area contributed by atoms with Gasteiger partial charge in [-0.15, -0.1) is 0 Å². The summed E-state index contributed by atoms with van der Waals surface area (Å²) >= 11 is 0. The summed E-state index contributed by atoms with van der Waals surface area (Å²) in [4.78, 5) is 30.9. The van der Waals surface area contributed by atoms with Gasteiger partial charge < -0.3 is 10.6 Å². The number of halogens is 1. The van der Waals surface area contributed by atoms with Crippen LogP contribution in [0.3, 0.4) is 0 Å². The maximum atomic E-state index is 13.2. The molecule has 1 aromatic heterocycles. The van der Waals surface area contributed by atoms with Gasteiger partial charge in [-0.2, -0.15) is 0 Å². The van der Waals surface area contributed by atoms with Crippen LogP contribution >= 0.6 is 0 Å². The van der Waals surface area contributed by atoms with Crippen LogP contribution < -0.4 is 5.73 Å². The number of primary amides is 1. The van der Waals surface area contributed by atoms with E-state index in [2.05, 4.69) is 0 Å². The monoisotopic (exact) mass is 403 g/mol. The van der Waals surface area contributed by atoms with Crippen molar-refractivity contribution >= 4 is 11.8 Å². The van der Waals surface area contributed by atoms with E-state index < -0.39 is 5.91 Å². The van der Waals surface area contributed by atoms with E-state index in [-0.39, 0.29) is 17.6 Å². The molecular weight excluding hydrogens is 381 g/mol. The quantitative estimate of drug-likeness (QED) is 0.715.